The fourth-order valence-electron chi connectivity index (χ4n) is 12.4. The van der Waals surface area contributed by atoms with Crippen molar-refractivity contribution in [3.05, 3.63) is 250 Å². The molecule has 2 unspecified atom stereocenters. The van der Waals surface area contributed by atoms with Crippen LogP contribution >= 0.6 is 11.6 Å². The van der Waals surface area contributed by atoms with Crippen LogP contribution in [0.4, 0.5) is 24.7 Å². The van der Waals surface area contributed by atoms with Gasteiger partial charge in [-0.05, 0) is 130 Å². The first-order valence-corrected chi connectivity index (χ1v) is 34.9. The van der Waals surface area contributed by atoms with Gasteiger partial charge in [-0.15, -0.1) is 0 Å². The Balaban J connectivity index is 0.000000185. The Morgan fingerprint density at radius 3 is 1.83 bits per heavy atom. The van der Waals surface area contributed by atoms with Gasteiger partial charge in [0.2, 0.25) is 17.7 Å². The van der Waals surface area contributed by atoms with Crippen LogP contribution < -0.4 is 26.4 Å². The average molecular weight is 1510 g/mol. The third kappa shape index (κ3) is 18.7. The highest BCUT2D eigenvalue weighted by molar-refractivity contribution is 6.30. The number of nitrogens with one attached hydrogen (secondary N) is 4. The number of fused-ring (bicyclic) bond motifs is 3. The lowest BCUT2D eigenvalue weighted by Crippen LogP contribution is -2.54. The molecule has 0 radical (unpaired) electrons. The summed E-state index contributed by atoms with van der Waals surface area (Å²) >= 11 is 5.77. The number of nitrogen functional groups attached to an aromatic ring is 1. The molecule has 5 aliphatic heterocycles. The molecule has 109 heavy (non-hydrogen) atoms. The number of amides is 9. The Hall–Kier alpha value is -12.4. The van der Waals surface area contributed by atoms with Crippen LogP contribution in [0.15, 0.2) is 183 Å². The van der Waals surface area contributed by atoms with Gasteiger partial charge in [0.15, 0.2) is 17.4 Å². The number of aryl methyl sites for hydroxylation is 1. The standard InChI is InChI=1S/C26H26ClF2N5O3.C22H18FN5.C14H12N2O3.C13H10N2O4.2C2H6.2CH4/c1-15(22-20(28)8-7-19(27)23(22)29)37-21-13-17(14-31-24(21)30)25(35)32-18-5-3-16(4-6-18)26(36)34-11-9-33(2)10-12-34;1-27-13-18(10-26-27)17-8-20-21(11-25-22(20)24-9-17)16-5-6-28(14-16)12-15-3-2-4-19(23)7-15;1-8-6-7-11(12(17)15-8)16-13(18)9-4-2-3-5-10(9)14(16)19;16-10-6-5-9(11(17)14-10)15-12(18)7-3-1-2-4-8(7)13(15)19;2*1-2;;/h3-8,13-15H,9-12H2,1-2H3,(H2,30,31)(H,32,35);2-11,13-14H,12H2,1H3,(H,24,25);2-5,11H,1,6-7H2,(H,15,17);1-4,9H,5-6H2,(H,14,16,17);2*1-2H3;2*1H4/t15-;;;;;;;/m1......./s1. The molecule has 0 saturated carbocycles. The summed E-state index contributed by atoms with van der Waals surface area (Å²) in [6.07, 6.45) is 13.2. The van der Waals surface area contributed by atoms with Crippen LogP contribution in [0.25, 0.3) is 33.3 Å². The second-order valence-electron chi connectivity index (χ2n) is 24.8. The van der Waals surface area contributed by atoms with E-state index in [1.807, 2.05) is 78.8 Å². The predicted molar refractivity (Wildman–Crippen MR) is 411 cm³/mol. The van der Waals surface area contributed by atoms with E-state index >= 15 is 0 Å². The molecule has 5 aromatic carbocycles. The summed E-state index contributed by atoms with van der Waals surface area (Å²) in [5, 5.41) is 12.5. The molecule has 0 spiro atoms. The number of carbonyl (C=O) groups excluding carboxylic acids is 9. The van der Waals surface area contributed by atoms with Gasteiger partial charge in [0.05, 0.1) is 44.6 Å². The Morgan fingerprint density at radius 2 is 1.26 bits per heavy atom. The van der Waals surface area contributed by atoms with E-state index in [9.17, 15) is 56.3 Å². The van der Waals surface area contributed by atoms with Crippen LogP contribution in [0.2, 0.25) is 5.02 Å². The van der Waals surface area contributed by atoms with Crippen LogP contribution in [-0.4, -0.2) is 147 Å². The first-order chi connectivity index (χ1) is 51.5. The number of H-pyrrole nitrogens is 1. The molecule has 28 heteroatoms. The number of piperidine rings is 2. The van der Waals surface area contributed by atoms with E-state index in [-0.39, 0.29) is 79.0 Å². The van der Waals surface area contributed by atoms with Gasteiger partial charge in [-0.1, -0.05) is 97.1 Å². The van der Waals surface area contributed by atoms with Crippen LogP contribution in [-0.2, 0) is 28.0 Å². The lowest BCUT2D eigenvalue weighted by atomic mass is 10.0. The summed E-state index contributed by atoms with van der Waals surface area (Å²) in [5.41, 5.74) is 14.6. The van der Waals surface area contributed by atoms with E-state index in [1.54, 1.807) is 94.5 Å². The Morgan fingerprint density at radius 1 is 0.661 bits per heavy atom. The topological polar surface area (TPSA) is 302 Å². The molecule has 10 aromatic rings. The lowest BCUT2D eigenvalue weighted by Gasteiger charge is -2.32. The van der Waals surface area contributed by atoms with Crippen molar-refractivity contribution in [2.45, 2.75) is 99.9 Å². The molecule has 3 saturated heterocycles. The molecule has 10 heterocycles. The second kappa shape index (κ2) is 36.8. The molecule has 0 aliphatic carbocycles. The van der Waals surface area contributed by atoms with Crippen LogP contribution in [0, 0.1) is 17.5 Å². The number of piperazine rings is 1. The van der Waals surface area contributed by atoms with Gasteiger partial charge in [-0.2, -0.15) is 5.10 Å². The van der Waals surface area contributed by atoms with Crippen molar-refractivity contribution in [1.29, 1.82) is 0 Å². The number of anilines is 2. The molecule has 5 aromatic heterocycles. The number of nitrogens with zero attached hydrogens (tertiary/aromatic N) is 9. The highest BCUT2D eigenvalue weighted by Gasteiger charge is 2.45. The lowest BCUT2D eigenvalue weighted by molar-refractivity contribution is -0.136. The molecular weight excluding hydrogens is 1420 g/mol. The largest absolute Gasteiger partial charge is 0.482 e. The first kappa shape index (κ1) is 82.3. The highest BCUT2D eigenvalue weighted by atomic mass is 35.5. The zero-order valence-electron chi connectivity index (χ0n) is 59.7. The van der Waals surface area contributed by atoms with Gasteiger partial charge in [-0.25, -0.2) is 23.1 Å². The third-order valence-corrected chi connectivity index (χ3v) is 18.1. The van der Waals surface area contributed by atoms with Gasteiger partial charge >= 0.3 is 0 Å². The number of hydrogen-bond acceptors (Lipinski definition) is 15. The van der Waals surface area contributed by atoms with Crippen LogP contribution in [0.3, 0.4) is 0 Å². The fourth-order valence-corrected chi connectivity index (χ4v) is 12.5. The summed E-state index contributed by atoms with van der Waals surface area (Å²) < 4.78 is 51.5. The molecule has 6 N–H and O–H groups in total. The minimum atomic E-state index is -1.11. The number of benzene rings is 5. The monoisotopic (exact) mass is 1510 g/mol. The summed E-state index contributed by atoms with van der Waals surface area (Å²) in [5.74, 6) is -5.68. The Labute approximate surface area is 634 Å². The van der Waals surface area contributed by atoms with Crippen LogP contribution in [0.5, 0.6) is 5.75 Å². The van der Waals surface area contributed by atoms with E-state index in [0.29, 0.717) is 71.7 Å². The van der Waals surface area contributed by atoms with Gasteiger partial charge in [0, 0.05) is 128 Å². The molecule has 3 fully saturated rings. The van der Waals surface area contributed by atoms with E-state index < -0.39 is 65.3 Å². The van der Waals surface area contributed by atoms with Crippen molar-refractivity contribution in [3.8, 4) is 28.0 Å². The maximum absolute atomic E-state index is 14.4. The smallest absolute Gasteiger partial charge is 0.262 e. The summed E-state index contributed by atoms with van der Waals surface area (Å²) in [4.78, 5) is 127. The predicted octanol–water partition coefficient (Wildman–Crippen LogP) is 13.5. The van der Waals surface area contributed by atoms with Gasteiger partial charge in [0.1, 0.15) is 35.5 Å². The van der Waals surface area contributed by atoms with Gasteiger partial charge < -0.3 is 40.5 Å². The maximum Gasteiger partial charge on any atom is 0.262 e. The average Bonchev–Trinajstić information content (AvgIpc) is 1.63. The molecule has 5 aliphatic rings. The Bertz CT molecular complexity index is 4870. The van der Waals surface area contributed by atoms with Crippen molar-refractivity contribution in [1.82, 2.24) is 59.5 Å². The highest BCUT2D eigenvalue weighted by Crippen LogP contribution is 2.35. The third-order valence-electron chi connectivity index (χ3n) is 17.8. The van der Waals surface area contributed by atoms with E-state index in [4.69, 9.17) is 22.1 Å². The maximum atomic E-state index is 14.4. The van der Waals surface area contributed by atoms with Gasteiger partial charge in [-0.3, -0.25) is 62.9 Å². The van der Waals surface area contributed by atoms with E-state index in [2.05, 4.69) is 70.4 Å². The normalized spacial score (nSPS) is 15.9. The number of hydrogen-bond donors (Lipinski definition) is 5. The molecule has 24 nitrogen and oxygen atoms in total. The molecule has 15 rings (SSSR count). The number of aromatic nitrogens is 6. The Kier molecular flexibility index (Phi) is 27.8. The fraction of sp³-hybridized carbons (Fsp3) is 0.259. The SMILES string of the molecule is C.C.C=C1CCC(N2C(=O)c3ccccc3C2=O)C(=O)N1.CC.CC.C[C@@H](Oc1cc(C(=O)Nc2ccc(C(=O)N3CCN(C)CC3)cc2)cnc1N)c1c(F)ccc(Cl)c1F.Cn1cc(-c2cnc3[nH]cc(-c4ccn(Cc5cccc(F)c5)c4)c3c2)cn1.O=C1CCC(N2C(=O)c3ccccc3C2=O)C(=O)N1. The number of nitrogens with two attached hydrogens (primary N) is 1. The first-order valence-electron chi connectivity index (χ1n) is 34.6. The molecule has 9 amide bonds. The summed E-state index contributed by atoms with van der Waals surface area (Å²) in [7, 11) is 3.92. The van der Waals surface area contributed by atoms with Crippen molar-refractivity contribution in [3.63, 3.8) is 0 Å². The number of ether oxygens (including phenoxy) is 1. The van der Waals surface area contributed by atoms with Crippen molar-refractivity contribution in [2.24, 2.45) is 7.05 Å². The van der Waals surface area contributed by atoms with Gasteiger partial charge in [0.25, 0.3) is 35.4 Å². The number of allylic oxidation sites excluding steroid dienone is 1. The van der Waals surface area contributed by atoms with Crippen LogP contribution in [0.1, 0.15) is 155 Å². The van der Waals surface area contributed by atoms with E-state index in [1.165, 1.54) is 25.3 Å². The molecule has 3 atom stereocenters. The zero-order chi connectivity index (χ0) is 76.9. The molecule has 568 valence electrons. The number of carbonyl (C=O) groups is 9. The van der Waals surface area contributed by atoms with Crippen molar-refractivity contribution >= 4 is 87.3 Å². The van der Waals surface area contributed by atoms with Crippen molar-refractivity contribution < 1.29 is 61.1 Å². The molecule has 0 bridgehead atoms. The number of imide groups is 3. The van der Waals surface area contributed by atoms with E-state index in [0.717, 1.165) is 73.9 Å². The molecular formula is C81H86ClF3N14O10. The number of likely N-dealkylation sites (N-methyl/N-ethyl adjacent to an activating group) is 1. The number of rotatable bonds is 12. The second-order valence-corrected chi connectivity index (χ2v) is 25.3. The van der Waals surface area contributed by atoms with Crippen molar-refractivity contribution in [2.75, 3.05) is 44.3 Å². The quantitative estimate of drug-likeness (QED) is 0.0561. The zero-order valence-corrected chi connectivity index (χ0v) is 60.4. The number of aromatic amines is 1. The summed E-state index contributed by atoms with van der Waals surface area (Å²) in [6, 6.07) is 32.4. The summed E-state index contributed by atoms with van der Waals surface area (Å²) in [6.45, 7) is 16.7. The number of pyridine rings is 2. The number of halogens is 4. The minimum Gasteiger partial charge on any atom is -0.482 e. The minimum absolute atomic E-state index is 0.